The lowest BCUT2D eigenvalue weighted by Gasteiger charge is -2.10. The molecule has 6 nitrogen and oxygen atoms in total. The van der Waals surface area contributed by atoms with Crippen LogP contribution in [0.5, 0.6) is 0 Å². The Labute approximate surface area is 140 Å². The predicted molar refractivity (Wildman–Crippen MR) is 91.4 cm³/mol. The van der Waals surface area contributed by atoms with Crippen LogP contribution in [0.3, 0.4) is 0 Å². The highest BCUT2D eigenvalue weighted by Crippen LogP contribution is 2.14. The van der Waals surface area contributed by atoms with Crippen LogP contribution < -0.4 is 10.0 Å². The predicted octanol–water partition coefficient (Wildman–Crippen LogP) is 2.11. The summed E-state index contributed by atoms with van der Waals surface area (Å²) in [4.78, 5) is 23.4. The Kier molecular flexibility index (Phi) is 5.48. The van der Waals surface area contributed by atoms with Gasteiger partial charge in [0.05, 0.1) is 11.4 Å². The molecule has 0 fully saturated rings. The molecule has 1 amide bonds. The van der Waals surface area contributed by atoms with Gasteiger partial charge in [-0.15, -0.1) is 0 Å². The van der Waals surface area contributed by atoms with Crippen molar-refractivity contribution in [1.29, 1.82) is 0 Å². The molecule has 2 aromatic rings. The van der Waals surface area contributed by atoms with Crippen LogP contribution in [0.15, 0.2) is 53.4 Å². The van der Waals surface area contributed by atoms with E-state index in [-0.39, 0.29) is 10.7 Å². The fourth-order valence-corrected chi connectivity index (χ4v) is 3.34. The number of carbonyl (C=O) groups is 2. The van der Waals surface area contributed by atoms with Gasteiger partial charge in [-0.25, -0.2) is 13.1 Å². The summed E-state index contributed by atoms with van der Waals surface area (Å²) in [7, 11) is -3.76. The van der Waals surface area contributed by atoms with E-state index in [0.29, 0.717) is 16.8 Å². The Bertz CT molecular complexity index is 876. The van der Waals surface area contributed by atoms with Crippen molar-refractivity contribution in [2.75, 3.05) is 11.9 Å². The van der Waals surface area contributed by atoms with Crippen LogP contribution in [0.25, 0.3) is 0 Å². The first-order chi connectivity index (χ1) is 11.3. The second kappa shape index (κ2) is 7.37. The highest BCUT2D eigenvalue weighted by atomic mass is 32.2. The molecule has 0 saturated carbocycles. The van der Waals surface area contributed by atoms with Crippen LogP contribution in [0.2, 0.25) is 0 Å². The third-order valence-corrected chi connectivity index (χ3v) is 4.92. The van der Waals surface area contributed by atoms with Crippen molar-refractivity contribution in [1.82, 2.24) is 4.72 Å². The van der Waals surface area contributed by atoms with E-state index < -0.39 is 22.5 Å². The molecule has 0 aliphatic rings. The summed E-state index contributed by atoms with van der Waals surface area (Å²) >= 11 is 0. The van der Waals surface area contributed by atoms with Crippen molar-refractivity contribution in [3.63, 3.8) is 0 Å². The first-order valence-corrected chi connectivity index (χ1v) is 8.74. The van der Waals surface area contributed by atoms with Gasteiger partial charge in [0, 0.05) is 11.3 Å². The minimum absolute atomic E-state index is 0.119. The molecule has 126 valence electrons. The number of ketones is 1. The Morgan fingerprint density at radius 2 is 1.75 bits per heavy atom. The summed E-state index contributed by atoms with van der Waals surface area (Å²) in [6.45, 7) is 2.71. The lowest BCUT2D eigenvalue weighted by atomic mass is 10.1. The SMILES string of the molecule is CC(=O)c1cccc(NC(=O)CNS(=O)(=O)c2ccccc2C)c1. The maximum absolute atomic E-state index is 12.2. The molecule has 0 atom stereocenters. The van der Waals surface area contributed by atoms with Crippen LogP contribution in [0, 0.1) is 6.92 Å². The number of amides is 1. The average Bonchev–Trinajstić information content (AvgIpc) is 2.53. The molecule has 2 N–H and O–H groups in total. The van der Waals surface area contributed by atoms with Crippen LogP contribution in [0.4, 0.5) is 5.69 Å². The maximum atomic E-state index is 12.2. The zero-order valence-corrected chi connectivity index (χ0v) is 14.2. The third-order valence-electron chi connectivity index (χ3n) is 3.36. The maximum Gasteiger partial charge on any atom is 0.241 e. The molecule has 0 unspecified atom stereocenters. The van der Waals surface area contributed by atoms with Gasteiger partial charge >= 0.3 is 0 Å². The summed E-state index contributed by atoms with van der Waals surface area (Å²) in [5.74, 6) is -0.640. The molecule has 24 heavy (non-hydrogen) atoms. The number of hydrogen-bond acceptors (Lipinski definition) is 4. The van der Waals surface area contributed by atoms with E-state index >= 15 is 0 Å². The summed E-state index contributed by atoms with van der Waals surface area (Å²) < 4.78 is 26.7. The summed E-state index contributed by atoms with van der Waals surface area (Å²) in [5, 5.41) is 2.56. The quantitative estimate of drug-likeness (QED) is 0.784. The lowest BCUT2D eigenvalue weighted by Crippen LogP contribution is -2.33. The van der Waals surface area contributed by atoms with Gasteiger partial charge in [0.1, 0.15) is 0 Å². The van der Waals surface area contributed by atoms with Gasteiger partial charge in [0.15, 0.2) is 5.78 Å². The molecule has 0 aliphatic heterocycles. The molecular formula is C17H18N2O4S. The van der Waals surface area contributed by atoms with E-state index in [1.54, 1.807) is 43.3 Å². The number of carbonyl (C=O) groups excluding carboxylic acids is 2. The van der Waals surface area contributed by atoms with Gasteiger partial charge in [0.25, 0.3) is 0 Å². The number of nitrogens with one attached hydrogen (secondary N) is 2. The van der Waals surface area contributed by atoms with Crippen LogP contribution in [-0.4, -0.2) is 26.7 Å². The molecule has 0 saturated heterocycles. The van der Waals surface area contributed by atoms with Crippen molar-refractivity contribution in [2.45, 2.75) is 18.7 Å². The molecule has 2 aromatic carbocycles. The van der Waals surface area contributed by atoms with Crippen molar-refractivity contribution in [3.05, 3.63) is 59.7 Å². The number of benzene rings is 2. The largest absolute Gasteiger partial charge is 0.325 e. The number of aryl methyl sites for hydroxylation is 1. The first-order valence-electron chi connectivity index (χ1n) is 7.26. The molecule has 0 radical (unpaired) electrons. The molecule has 0 aliphatic carbocycles. The molecule has 0 heterocycles. The van der Waals surface area contributed by atoms with E-state index in [2.05, 4.69) is 10.0 Å². The lowest BCUT2D eigenvalue weighted by molar-refractivity contribution is -0.115. The van der Waals surface area contributed by atoms with Gasteiger partial charge in [-0.2, -0.15) is 0 Å². The Hall–Kier alpha value is -2.51. The van der Waals surface area contributed by atoms with E-state index in [1.165, 1.54) is 19.1 Å². The molecule has 0 aromatic heterocycles. The summed E-state index contributed by atoms with van der Waals surface area (Å²) in [6.07, 6.45) is 0. The van der Waals surface area contributed by atoms with Crippen molar-refractivity contribution in [3.8, 4) is 0 Å². The topological polar surface area (TPSA) is 92.3 Å². The fourth-order valence-electron chi connectivity index (χ4n) is 2.12. The Morgan fingerprint density at radius 3 is 2.42 bits per heavy atom. The minimum atomic E-state index is -3.76. The number of hydrogen-bond donors (Lipinski definition) is 2. The van der Waals surface area contributed by atoms with Crippen molar-refractivity contribution >= 4 is 27.4 Å². The van der Waals surface area contributed by atoms with Gasteiger partial charge in [-0.1, -0.05) is 30.3 Å². The van der Waals surface area contributed by atoms with Gasteiger partial charge in [-0.3, -0.25) is 9.59 Å². The number of Topliss-reactive ketones (excluding diaryl/α,β-unsaturated/α-hetero) is 1. The highest BCUT2D eigenvalue weighted by molar-refractivity contribution is 7.89. The number of anilines is 1. The van der Waals surface area contributed by atoms with E-state index in [4.69, 9.17) is 0 Å². The van der Waals surface area contributed by atoms with Crippen molar-refractivity contribution < 1.29 is 18.0 Å². The molecular weight excluding hydrogens is 328 g/mol. The van der Waals surface area contributed by atoms with Gasteiger partial charge in [-0.05, 0) is 37.6 Å². The number of sulfonamides is 1. The summed E-state index contributed by atoms with van der Waals surface area (Å²) in [6, 6.07) is 13.0. The summed E-state index contributed by atoms with van der Waals surface area (Å²) in [5.41, 5.74) is 1.50. The first kappa shape index (κ1) is 17.8. The average molecular weight is 346 g/mol. The van der Waals surface area contributed by atoms with Crippen LogP contribution >= 0.6 is 0 Å². The second-order valence-electron chi connectivity index (χ2n) is 5.28. The van der Waals surface area contributed by atoms with Crippen LogP contribution in [-0.2, 0) is 14.8 Å². The fraction of sp³-hybridized carbons (Fsp3) is 0.176. The van der Waals surface area contributed by atoms with E-state index in [1.807, 2.05) is 0 Å². The number of rotatable bonds is 6. The second-order valence-corrected chi connectivity index (χ2v) is 7.01. The van der Waals surface area contributed by atoms with Crippen molar-refractivity contribution in [2.24, 2.45) is 0 Å². The minimum Gasteiger partial charge on any atom is -0.325 e. The molecule has 0 bridgehead atoms. The Morgan fingerprint density at radius 1 is 1.04 bits per heavy atom. The van der Waals surface area contributed by atoms with Gasteiger partial charge in [0.2, 0.25) is 15.9 Å². The zero-order valence-electron chi connectivity index (χ0n) is 13.4. The Balaban J connectivity index is 2.02. The third kappa shape index (κ3) is 4.50. The monoisotopic (exact) mass is 346 g/mol. The van der Waals surface area contributed by atoms with E-state index in [0.717, 1.165) is 0 Å². The molecule has 2 rings (SSSR count). The molecule has 7 heteroatoms. The standard InChI is InChI=1S/C17H18N2O4S/c1-12-6-3-4-9-16(12)24(22,23)18-11-17(21)19-15-8-5-7-14(10-15)13(2)20/h3-10,18H,11H2,1-2H3,(H,19,21). The van der Waals surface area contributed by atoms with Crippen LogP contribution in [0.1, 0.15) is 22.8 Å². The van der Waals surface area contributed by atoms with Gasteiger partial charge < -0.3 is 5.32 Å². The van der Waals surface area contributed by atoms with E-state index in [9.17, 15) is 18.0 Å². The smallest absolute Gasteiger partial charge is 0.241 e. The highest BCUT2D eigenvalue weighted by Gasteiger charge is 2.17. The zero-order chi connectivity index (χ0) is 17.7. The normalized spacial score (nSPS) is 11.1. The molecule has 0 spiro atoms.